The van der Waals surface area contributed by atoms with Gasteiger partial charge in [-0.15, -0.1) is 0 Å². The van der Waals surface area contributed by atoms with Crippen molar-refractivity contribution in [2.75, 3.05) is 14.2 Å². The number of rotatable bonds is 5. The van der Waals surface area contributed by atoms with Gasteiger partial charge in [-0.3, -0.25) is 9.59 Å². The third-order valence-electron chi connectivity index (χ3n) is 4.21. The van der Waals surface area contributed by atoms with Crippen molar-refractivity contribution in [3.8, 4) is 11.5 Å². The van der Waals surface area contributed by atoms with Crippen molar-refractivity contribution < 1.29 is 29.3 Å². The summed E-state index contributed by atoms with van der Waals surface area (Å²) in [5.41, 5.74) is -1.66. The van der Waals surface area contributed by atoms with Crippen LogP contribution in [-0.4, -0.2) is 41.8 Å². The van der Waals surface area contributed by atoms with Crippen LogP contribution >= 0.6 is 0 Å². The average Bonchev–Trinajstić information content (AvgIpc) is 2.53. The zero-order valence-electron chi connectivity index (χ0n) is 12.7. The first-order chi connectivity index (χ1) is 10.4. The third kappa shape index (κ3) is 2.78. The average molecular weight is 308 g/mol. The van der Waals surface area contributed by atoms with Gasteiger partial charge < -0.3 is 19.7 Å². The van der Waals surface area contributed by atoms with Gasteiger partial charge in [0, 0.05) is 5.56 Å². The maximum atomic E-state index is 12.7. The molecule has 1 aromatic carbocycles. The summed E-state index contributed by atoms with van der Waals surface area (Å²) in [5, 5.41) is 20.0. The van der Waals surface area contributed by atoms with E-state index in [9.17, 15) is 19.8 Å². The summed E-state index contributed by atoms with van der Waals surface area (Å²) in [6.07, 6.45) is 1.76. The van der Waals surface area contributed by atoms with Crippen LogP contribution in [-0.2, 0) is 4.79 Å². The van der Waals surface area contributed by atoms with Crippen LogP contribution in [0.2, 0.25) is 0 Å². The van der Waals surface area contributed by atoms with Gasteiger partial charge >= 0.3 is 5.97 Å². The predicted octanol–water partition coefficient (Wildman–Crippen LogP) is 1.89. The van der Waals surface area contributed by atoms with E-state index in [0.717, 1.165) is 0 Å². The van der Waals surface area contributed by atoms with E-state index in [1.165, 1.54) is 26.4 Å². The Hall–Kier alpha value is -2.08. The van der Waals surface area contributed by atoms with Crippen molar-refractivity contribution in [3.05, 3.63) is 23.8 Å². The third-order valence-corrected chi connectivity index (χ3v) is 4.21. The zero-order chi connectivity index (χ0) is 16.3. The van der Waals surface area contributed by atoms with Gasteiger partial charge in [-0.05, 0) is 31.0 Å². The van der Waals surface area contributed by atoms with Crippen LogP contribution in [0.3, 0.4) is 0 Å². The number of ketones is 1. The molecular formula is C16H20O6. The molecule has 2 unspecified atom stereocenters. The second kappa shape index (κ2) is 6.36. The van der Waals surface area contributed by atoms with Crippen molar-refractivity contribution in [1.29, 1.82) is 0 Å². The fourth-order valence-corrected chi connectivity index (χ4v) is 2.98. The highest BCUT2D eigenvalue weighted by Gasteiger charge is 2.49. The minimum absolute atomic E-state index is 0.150. The molecule has 0 aromatic heterocycles. The number of carbonyl (C=O) groups excluding carboxylic acids is 1. The molecule has 120 valence electrons. The number of carboxylic acids is 1. The molecule has 0 aliphatic heterocycles. The van der Waals surface area contributed by atoms with E-state index in [4.69, 9.17) is 9.47 Å². The van der Waals surface area contributed by atoms with E-state index in [1.807, 2.05) is 0 Å². The Kier molecular flexibility index (Phi) is 4.71. The molecule has 0 amide bonds. The molecule has 2 rings (SSSR count). The van der Waals surface area contributed by atoms with Crippen molar-refractivity contribution in [2.24, 2.45) is 5.92 Å². The first-order valence-electron chi connectivity index (χ1n) is 7.16. The van der Waals surface area contributed by atoms with Crippen LogP contribution in [0.15, 0.2) is 18.2 Å². The monoisotopic (exact) mass is 308 g/mol. The molecular weight excluding hydrogens is 288 g/mol. The minimum Gasteiger partial charge on any atom is -0.493 e. The molecule has 6 heteroatoms. The number of carboxylic acid groups (broad SMARTS) is 1. The van der Waals surface area contributed by atoms with E-state index in [0.29, 0.717) is 30.8 Å². The molecule has 6 nitrogen and oxygen atoms in total. The van der Waals surface area contributed by atoms with Crippen molar-refractivity contribution in [2.45, 2.75) is 31.3 Å². The van der Waals surface area contributed by atoms with E-state index in [1.54, 1.807) is 6.07 Å². The largest absolute Gasteiger partial charge is 0.493 e. The summed E-state index contributed by atoms with van der Waals surface area (Å²) in [7, 11) is 2.93. The van der Waals surface area contributed by atoms with Gasteiger partial charge in [-0.2, -0.15) is 0 Å². The van der Waals surface area contributed by atoms with Gasteiger partial charge in [0.15, 0.2) is 17.3 Å². The van der Waals surface area contributed by atoms with Crippen LogP contribution in [0.1, 0.15) is 36.0 Å². The zero-order valence-corrected chi connectivity index (χ0v) is 12.7. The summed E-state index contributed by atoms with van der Waals surface area (Å²) in [4.78, 5) is 24.1. The Bertz CT molecular complexity index is 582. The lowest BCUT2D eigenvalue weighted by Gasteiger charge is -2.36. The van der Waals surface area contributed by atoms with Gasteiger partial charge in [0.1, 0.15) is 5.60 Å². The quantitative estimate of drug-likeness (QED) is 0.807. The molecule has 0 spiro atoms. The lowest BCUT2D eigenvalue weighted by Crippen LogP contribution is -2.51. The van der Waals surface area contributed by atoms with E-state index >= 15 is 0 Å². The topological polar surface area (TPSA) is 93.1 Å². The first-order valence-corrected chi connectivity index (χ1v) is 7.16. The summed E-state index contributed by atoms with van der Waals surface area (Å²) in [6.45, 7) is 0. The molecule has 1 fully saturated rings. The SMILES string of the molecule is COc1ccc(C(=O)C2(O)CCCCC2C(=O)O)cc1OC. The number of ether oxygens (including phenoxy) is 2. The smallest absolute Gasteiger partial charge is 0.309 e. The first kappa shape index (κ1) is 16.3. The molecule has 0 bridgehead atoms. The predicted molar refractivity (Wildman–Crippen MR) is 78.4 cm³/mol. The summed E-state index contributed by atoms with van der Waals surface area (Å²) in [6, 6.07) is 4.54. The molecule has 1 aliphatic carbocycles. The molecule has 22 heavy (non-hydrogen) atoms. The van der Waals surface area contributed by atoms with Crippen LogP contribution in [0, 0.1) is 5.92 Å². The van der Waals surface area contributed by atoms with Crippen LogP contribution in [0.4, 0.5) is 0 Å². The number of carbonyl (C=O) groups is 2. The Morgan fingerprint density at radius 2 is 1.86 bits per heavy atom. The second-order valence-corrected chi connectivity index (χ2v) is 5.46. The van der Waals surface area contributed by atoms with Crippen molar-refractivity contribution in [1.82, 2.24) is 0 Å². The van der Waals surface area contributed by atoms with Crippen LogP contribution in [0.25, 0.3) is 0 Å². The molecule has 1 saturated carbocycles. The molecule has 0 heterocycles. The molecule has 1 aromatic rings. The fraction of sp³-hybridized carbons (Fsp3) is 0.500. The highest BCUT2D eigenvalue weighted by Crippen LogP contribution is 2.38. The van der Waals surface area contributed by atoms with Crippen LogP contribution in [0.5, 0.6) is 11.5 Å². The maximum absolute atomic E-state index is 12.7. The summed E-state index contributed by atoms with van der Waals surface area (Å²) in [5.74, 6) is -1.98. The van der Waals surface area contributed by atoms with E-state index in [2.05, 4.69) is 0 Å². The Morgan fingerprint density at radius 1 is 1.18 bits per heavy atom. The second-order valence-electron chi connectivity index (χ2n) is 5.46. The number of Topliss-reactive ketones (excluding diaryl/α,β-unsaturated/α-hetero) is 1. The lowest BCUT2D eigenvalue weighted by atomic mass is 9.71. The van der Waals surface area contributed by atoms with Crippen LogP contribution < -0.4 is 9.47 Å². The van der Waals surface area contributed by atoms with Gasteiger partial charge in [-0.1, -0.05) is 12.8 Å². The Balaban J connectivity index is 2.39. The minimum atomic E-state index is -1.87. The van der Waals surface area contributed by atoms with Gasteiger partial charge in [0.05, 0.1) is 20.1 Å². The molecule has 2 N–H and O–H groups in total. The van der Waals surface area contributed by atoms with Gasteiger partial charge in [-0.25, -0.2) is 0 Å². The number of aliphatic carboxylic acids is 1. The van der Waals surface area contributed by atoms with Gasteiger partial charge in [0.25, 0.3) is 0 Å². The normalized spacial score (nSPS) is 24.6. The maximum Gasteiger partial charge on any atom is 0.309 e. The highest BCUT2D eigenvalue weighted by molar-refractivity contribution is 6.05. The van der Waals surface area contributed by atoms with E-state index in [-0.39, 0.29) is 12.0 Å². The molecule has 0 radical (unpaired) electrons. The standard InChI is InChI=1S/C16H20O6/c1-21-12-7-6-10(9-13(12)22-2)14(17)16(20)8-4-3-5-11(16)15(18)19/h6-7,9,11,20H,3-5,8H2,1-2H3,(H,18,19). The lowest BCUT2D eigenvalue weighted by molar-refractivity contribution is -0.151. The number of aliphatic hydroxyl groups is 1. The molecule has 1 aliphatic rings. The summed E-state index contributed by atoms with van der Waals surface area (Å²) >= 11 is 0. The van der Waals surface area contributed by atoms with Crippen molar-refractivity contribution >= 4 is 11.8 Å². The number of methoxy groups -OCH3 is 2. The van der Waals surface area contributed by atoms with Crippen molar-refractivity contribution in [3.63, 3.8) is 0 Å². The number of hydrogen-bond donors (Lipinski definition) is 2. The fourth-order valence-electron chi connectivity index (χ4n) is 2.98. The number of benzene rings is 1. The molecule has 2 atom stereocenters. The Morgan fingerprint density at radius 3 is 2.45 bits per heavy atom. The number of hydrogen-bond acceptors (Lipinski definition) is 5. The highest BCUT2D eigenvalue weighted by atomic mass is 16.5. The Labute approximate surface area is 128 Å². The molecule has 0 saturated heterocycles. The van der Waals surface area contributed by atoms with Gasteiger partial charge in [0.2, 0.25) is 0 Å². The van der Waals surface area contributed by atoms with E-state index < -0.39 is 23.3 Å². The summed E-state index contributed by atoms with van der Waals surface area (Å²) < 4.78 is 10.3.